The van der Waals surface area contributed by atoms with Gasteiger partial charge in [-0.3, -0.25) is 4.79 Å². The number of carbonyl (C=O) groups is 1. The molecule has 0 bridgehead atoms. The van der Waals surface area contributed by atoms with Crippen molar-refractivity contribution in [3.8, 4) is 0 Å². The van der Waals surface area contributed by atoms with Crippen LogP contribution in [0.2, 0.25) is 0 Å². The van der Waals surface area contributed by atoms with Gasteiger partial charge in [0.2, 0.25) is 0 Å². The van der Waals surface area contributed by atoms with Crippen LogP contribution >= 0.6 is 11.8 Å². The van der Waals surface area contributed by atoms with Gasteiger partial charge in [-0.25, -0.2) is 0 Å². The Morgan fingerprint density at radius 2 is 2.56 bits per heavy atom. The Bertz CT molecular complexity index is 150. The molecule has 2 atom stereocenters. The summed E-state index contributed by atoms with van der Waals surface area (Å²) in [4.78, 5) is 10.3. The van der Waals surface area contributed by atoms with Crippen molar-refractivity contribution >= 4 is 17.7 Å². The van der Waals surface area contributed by atoms with Crippen LogP contribution in [0.15, 0.2) is 0 Å². The molecule has 3 nitrogen and oxygen atoms in total. The highest BCUT2D eigenvalue weighted by Crippen LogP contribution is 2.42. The Kier molecular flexibility index (Phi) is 1.44. The molecule has 0 saturated heterocycles. The molecular weight excluding hydrogens is 138 g/mol. The molecule has 9 heavy (non-hydrogen) atoms. The lowest BCUT2D eigenvalue weighted by atomic mass is 10.3. The van der Waals surface area contributed by atoms with E-state index >= 15 is 0 Å². The van der Waals surface area contributed by atoms with E-state index < -0.39 is 11.5 Å². The van der Waals surface area contributed by atoms with Gasteiger partial charge in [-0.05, 0) is 12.7 Å². The van der Waals surface area contributed by atoms with Crippen molar-refractivity contribution in [2.75, 3.05) is 6.26 Å². The molecule has 0 aliphatic heterocycles. The SMILES string of the molecule is CSC1CC1(N)C(=O)O. The van der Waals surface area contributed by atoms with Gasteiger partial charge in [-0.15, -0.1) is 0 Å². The van der Waals surface area contributed by atoms with Crippen molar-refractivity contribution in [2.45, 2.75) is 17.2 Å². The van der Waals surface area contributed by atoms with Crippen molar-refractivity contribution < 1.29 is 9.90 Å². The Hall–Kier alpha value is -0.220. The summed E-state index contributed by atoms with van der Waals surface area (Å²) in [5.74, 6) is -0.873. The molecule has 1 aliphatic rings. The van der Waals surface area contributed by atoms with Gasteiger partial charge in [0.15, 0.2) is 0 Å². The number of aliphatic carboxylic acids is 1. The summed E-state index contributed by atoms with van der Waals surface area (Å²) in [6.07, 6.45) is 2.49. The number of carboxylic acid groups (broad SMARTS) is 1. The molecule has 0 radical (unpaired) electrons. The second-order valence-corrected chi connectivity index (χ2v) is 3.31. The molecule has 0 amide bonds. The maximum absolute atomic E-state index is 10.3. The van der Waals surface area contributed by atoms with Crippen molar-refractivity contribution in [2.24, 2.45) is 5.73 Å². The minimum absolute atomic E-state index is 0.134. The van der Waals surface area contributed by atoms with E-state index in [9.17, 15) is 4.79 Å². The molecule has 2 unspecified atom stereocenters. The average molecular weight is 147 g/mol. The Balaban J connectivity index is 2.52. The van der Waals surface area contributed by atoms with Gasteiger partial charge in [0.1, 0.15) is 5.54 Å². The van der Waals surface area contributed by atoms with Crippen molar-refractivity contribution in [3.63, 3.8) is 0 Å². The highest BCUT2D eigenvalue weighted by Gasteiger charge is 2.57. The predicted octanol–water partition coefficient (Wildman–Crippen LogP) is -0.0962. The fourth-order valence-electron chi connectivity index (χ4n) is 0.767. The van der Waals surface area contributed by atoms with Crippen LogP contribution in [-0.2, 0) is 4.79 Å². The number of nitrogens with two attached hydrogens (primary N) is 1. The minimum Gasteiger partial charge on any atom is -0.480 e. The van der Waals surface area contributed by atoms with Crippen LogP contribution in [0.5, 0.6) is 0 Å². The van der Waals surface area contributed by atoms with E-state index in [1.54, 1.807) is 0 Å². The first-order chi connectivity index (χ1) is 4.11. The Labute approximate surface area is 57.6 Å². The molecular formula is C5H9NO2S. The normalized spacial score (nSPS) is 40.4. The molecule has 0 aromatic carbocycles. The van der Waals surface area contributed by atoms with Crippen molar-refractivity contribution in [1.82, 2.24) is 0 Å². The number of rotatable bonds is 2. The molecule has 0 spiro atoms. The Morgan fingerprint density at radius 1 is 2.00 bits per heavy atom. The van der Waals surface area contributed by atoms with E-state index in [2.05, 4.69) is 0 Å². The van der Waals surface area contributed by atoms with Crippen LogP contribution in [0.1, 0.15) is 6.42 Å². The average Bonchev–Trinajstić information content (AvgIpc) is 2.44. The summed E-state index contributed by atoms with van der Waals surface area (Å²) in [5, 5.41) is 8.61. The van der Waals surface area contributed by atoms with E-state index in [4.69, 9.17) is 10.8 Å². The molecule has 0 aromatic rings. The molecule has 1 saturated carbocycles. The molecule has 1 aliphatic carbocycles. The third-order valence-corrected chi connectivity index (χ3v) is 2.78. The molecule has 0 heterocycles. The molecule has 1 fully saturated rings. The molecule has 4 heteroatoms. The first-order valence-corrected chi connectivity index (χ1v) is 3.95. The third kappa shape index (κ3) is 0.923. The van der Waals surface area contributed by atoms with Gasteiger partial charge in [0.25, 0.3) is 0 Å². The van der Waals surface area contributed by atoms with Crippen LogP contribution in [0.4, 0.5) is 0 Å². The highest BCUT2D eigenvalue weighted by molar-refractivity contribution is 7.99. The zero-order chi connectivity index (χ0) is 7.07. The largest absolute Gasteiger partial charge is 0.480 e. The summed E-state index contributed by atoms with van der Waals surface area (Å²) in [6.45, 7) is 0. The first kappa shape index (κ1) is 6.89. The van der Waals surface area contributed by atoms with Crippen LogP contribution in [0, 0.1) is 0 Å². The van der Waals surface area contributed by atoms with E-state index in [-0.39, 0.29) is 5.25 Å². The second kappa shape index (κ2) is 1.88. The monoisotopic (exact) mass is 147 g/mol. The van der Waals surface area contributed by atoms with E-state index in [0.717, 1.165) is 0 Å². The maximum atomic E-state index is 10.3. The third-order valence-electron chi connectivity index (χ3n) is 1.62. The van der Waals surface area contributed by atoms with E-state index in [0.29, 0.717) is 6.42 Å². The topological polar surface area (TPSA) is 63.3 Å². The molecule has 3 N–H and O–H groups in total. The van der Waals surface area contributed by atoms with Gasteiger partial charge in [0, 0.05) is 5.25 Å². The van der Waals surface area contributed by atoms with Gasteiger partial charge in [0.05, 0.1) is 0 Å². The molecule has 1 rings (SSSR count). The highest BCUT2D eigenvalue weighted by atomic mass is 32.2. The van der Waals surface area contributed by atoms with Gasteiger partial charge in [-0.1, -0.05) is 0 Å². The van der Waals surface area contributed by atoms with Crippen LogP contribution in [0.3, 0.4) is 0 Å². The summed E-state index contributed by atoms with van der Waals surface area (Å²) < 4.78 is 0. The fraction of sp³-hybridized carbons (Fsp3) is 0.800. The zero-order valence-electron chi connectivity index (χ0n) is 5.13. The van der Waals surface area contributed by atoms with E-state index in [1.807, 2.05) is 6.26 Å². The predicted molar refractivity (Wildman–Crippen MR) is 36.5 cm³/mol. The lowest BCUT2D eigenvalue weighted by molar-refractivity contribution is -0.139. The zero-order valence-corrected chi connectivity index (χ0v) is 5.94. The molecule has 52 valence electrons. The summed E-state index contributed by atoms with van der Waals surface area (Å²) in [7, 11) is 0. The lowest BCUT2D eigenvalue weighted by Crippen LogP contribution is -2.35. The number of carboxylic acids is 1. The summed E-state index contributed by atoms with van der Waals surface area (Å²) in [6, 6.07) is 0. The van der Waals surface area contributed by atoms with Crippen LogP contribution in [0.25, 0.3) is 0 Å². The van der Waals surface area contributed by atoms with Gasteiger partial charge >= 0.3 is 5.97 Å². The summed E-state index contributed by atoms with van der Waals surface area (Å²) >= 11 is 1.52. The molecule has 0 aromatic heterocycles. The van der Waals surface area contributed by atoms with Gasteiger partial charge in [-0.2, -0.15) is 11.8 Å². The Morgan fingerprint density at radius 3 is 2.67 bits per heavy atom. The lowest BCUT2D eigenvalue weighted by Gasteiger charge is -2.00. The first-order valence-electron chi connectivity index (χ1n) is 2.66. The fourth-order valence-corrected chi connectivity index (χ4v) is 1.73. The number of hydrogen-bond donors (Lipinski definition) is 2. The standard InChI is InChI=1S/C5H9NO2S/c1-9-3-2-5(3,6)4(7)8/h3H,2,6H2,1H3,(H,7,8). The maximum Gasteiger partial charge on any atom is 0.324 e. The van der Waals surface area contributed by atoms with Crippen molar-refractivity contribution in [3.05, 3.63) is 0 Å². The van der Waals surface area contributed by atoms with Gasteiger partial charge < -0.3 is 10.8 Å². The van der Waals surface area contributed by atoms with E-state index in [1.165, 1.54) is 11.8 Å². The summed E-state index contributed by atoms with van der Waals surface area (Å²) in [5.41, 5.74) is 4.52. The van der Waals surface area contributed by atoms with Crippen LogP contribution < -0.4 is 5.73 Å². The second-order valence-electron chi connectivity index (χ2n) is 2.27. The van der Waals surface area contributed by atoms with Crippen molar-refractivity contribution in [1.29, 1.82) is 0 Å². The quantitative estimate of drug-likeness (QED) is 0.572. The minimum atomic E-state index is -0.903. The number of hydrogen-bond acceptors (Lipinski definition) is 3. The van der Waals surface area contributed by atoms with Crippen LogP contribution in [-0.4, -0.2) is 28.1 Å². The smallest absolute Gasteiger partial charge is 0.324 e. The number of thioether (sulfide) groups is 1.